The molecule has 0 saturated carbocycles. The Morgan fingerprint density at radius 1 is 0.750 bits per heavy atom. The van der Waals surface area contributed by atoms with E-state index in [4.69, 9.17) is 46.4 Å². The van der Waals surface area contributed by atoms with Crippen molar-refractivity contribution < 1.29 is 0 Å². The van der Waals surface area contributed by atoms with Crippen LogP contribution < -0.4 is 0 Å². The summed E-state index contributed by atoms with van der Waals surface area (Å²) < 4.78 is 0. The standard InChI is InChI=1S/C11H5Cl4N/c12-7-2-1-6(3-8(7)13)11-9(14)4-16-5-10(11)15/h1-5H. The summed E-state index contributed by atoms with van der Waals surface area (Å²) in [6.07, 6.45) is 3.07. The third-order valence-electron chi connectivity index (χ3n) is 2.06. The summed E-state index contributed by atoms with van der Waals surface area (Å²) in [4.78, 5) is 3.89. The highest BCUT2D eigenvalue weighted by Gasteiger charge is 2.10. The van der Waals surface area contributed by atoms with Crippen LogP contribution in [0.5, 0.6) is 0 Å². The molecular weight excluding hydrogens is 288 g/mol. The number of halogens is 4. The molecule has 2 rings (SSSR count). The van der Waals surface area contributed by atoms with E-state index in [1.54, 1.807) is 18.2 Å². The van der Waals surface area contributed by atoms with Crippen molar-refractivity contribution in [2.24, 2.45) is 0 Å². The fourth-order valence-electron chi connectivity index (χ4n) is 1.34. The van der Waals surface area contributed by atoms with Crippen LogP contribution in [0, 0.1) is 0 Å². The molecule has 0 amide bonds. The Kier molecular flexibility index (Phi) is 3.60. The fraction of sp³-hybridized carbons (Fsp3) is 0. The first-order valence-corrected chi connectivity index (χ1v) is 5.85. The van der Waals surface area contributed by atoms with Crippen molar-refractivity contribution in [2.75, 3.05) is 0 Å². The van der Waals surface area contributed by atoms with Crippen LogP contribution in [0.4, 0.5) is 0 Å². The second-order valence-corrected chi connectivity index (χ2v) is 4.74. The van der Waals surface area contributed by atoms with Gasteiger partial charge in [0.25, 0.3) is 0 Å². The minimum Gasteiger partial charge on any atom is -0.262 e. The van der Waals surface area contributed by atoms with Gasteiger partial charge in [-0.15, -0.1) is 0 Å². The average Bonchev–Trinajstić information content (AvgIpc) is 2.23. The highest BCUT2D eigenvalue weighted by molar-refractivity contribution is 6.42. The summed E-state index contributed by atoms with van der Waals surface area (Å²) in [5, 5.41) is 1.91. The van der Waals surface area contributed by atoms with Crippen LogP contribution in [0.15, 0.2) is 30.6 Å². The van der Waals surface area contributed by atoms with Crippen LogP contribution in [-0.2, 0) is 0 Å². The van der Waals surface area contributed by atoms with Crippen LogP contribution in [0.25, 0.3) is 11.1 Å². The van der Waals surface area contributed by atoms with Crippen LogP contribution in [0.1, 0.15) is 0 Å². The summed E-state index contributed by atoms with van der Waals surface area (Å²) >= 11 is 23.8. The van der Waals surface area contributed by atoms with Crippen LogP contribution >= 0.6 is 46.4 Å². The number of pyridine rings is 1. The Morgan fingerprint density at radius 3 is 1.94 bits per heavy atom. The molecule has 2 aromatic rings. The van der Waals surface area contributed by atoms with E-state index >= 15 is 0 Å². The molecular formula is C11H5Cl4N. The SMILES string of the molecule is Clc1ccc(-c2c(Cl)cncc2Cl)cc1Cl. The predicted octanol–water partition coefficient (Wildman–Crippen LogP) is 5.36. The van der Waals surface area contributed by atoms with Gasteiger partial charge < -0.3 is 0 Å². The highest BCUT2D eigenvalue weighted by Crippen LogP contribution is 2.36. The fourth-order valence-corrected chi connectivity index (χ4v) is 2.22. The number of nitrogens with zero attached hydrogens (tertiary/aromatic N) is 1. The molecule has 1 heterocycles. The Bertz CT molecular complexity index is 519. The Morgan fingerprint density at radius 2 is 1.38 bits per heavy atom. The number of aromatic nitrogens is 1. The van der Waals surface area contributed by atoms with E-state index in [0.717, 1.165) is 5.56 Å². The Hall–Kier alpha value is -0.470. The topological polar surface area (TPSA) is 12.9 Å². The van der Waals surface area contributed by atoms with Gasteiger partial charge in [-0.2, -0.15) is 0 Å². The monoisotopic (exact) mass is 291 g/mol. The van der Waals surface area contributed by atoms with E-state index < -0.39 is 0 Å². The van der Waals surface area contributed by atoms with Crippen molar-refractivity contribution in [3.63, 3.8) is 0 Å². The molecule has 5 heteroatoms. The van der Waals surface area contributed by atoms with Crippen molar-refractivity contribution in [1.29, 1.82) is 0 Å². The lowest BCUT2D eigenvalue weighted by Gasteiger charge is -2.07. The number of hydrogen-bond acceptors (Lipinski definition) is 1. The largest absolute Gasteiger partial charge is 0.262 e. The van der Waals surface area contributed by atoms with Crippen molar-refractivity contribution in [2.45, 2.75) is 0 Å². The minimum absolute atomic E-state index is 0.461. The smallest absolute Gasteiger partial charge is 0.0682 e. The van der Waals surface area contributed by atoms with Gasteiger partial charge in [0, 0.05) is 18.0 Å². The maximum Gasteiger partial charge on any atom is 0.0682 e. The normalized spacial score (nSPS) is 10.5. The highest BCUT2D eigenvalue weighted by atomic mass is 35.5. The molecule has 1 nitrogen and oxygen atoms in total. The zero-order valence-corrected chi connectivity index (χ0v) is 10.9. The van der Waals surface area contributed by atoms with Gasteiger partial charge >= 0.3 is 0 Å². The van der Waals surface area contributed by atoms with E-state index in [0.29, 0.717) is 25.7 Å². The molecule has 16 heavy (non-hydrogen) atoms. The maximum absolute atomic E-state index is 6.03. The number of hydrogen-bond donors (Lipinski definition) is 0. The van der Waals surface area contributed by atoms with E-state index in [1.807, 2.05) is 0 Å². The number of rotatable bonds is 1. The van der Waals surface area contributed by atoms with Crippen molar-refractivity contribution >= 4 is 46.4 Å². The third-order valence-corrected chi connectivity index (χ3v) is 3.37. The van der Waals surface area contributed by atoms with Crippen molar-refractivity contribution in [1.82, 2.24) is 4.98 Å². The molecule has 0 spiro atoms. The third kappa shape index (κ3) is 2.28. The molecule has 0 N–H and O–H groups in total. The molecule has 0 bridgehead atoms. The first kappa shape index (κ1) is 12.0. The van der Waals surface area contributed by atoms with Gasteiger partial charge in [-0.3, -0.25) is 4.98 Å². The molecule has 0 radical (unpaired) electrons. The lowest BCUT2D eigenvalue weighted by atomic mass is 10.1. The van der Waals surface area contributed by atoms with E-state index in [-0.39, 0.29) is 0 Å². The van der Waals surface area contributed by atoms with E-state index in [9.17, 15) is 0 Å². The predicted molar refractivity (Wildman–Crippen MR) is 69.7 cm³/mol. The molecule has 0 saturated heterocycles. The van der Waals surface area contributed by atoms with Gasteiger partial charge in [0.15, 0.2) is 0 Å². The molecule has 0 atom stereocenters. The molecule has 1 aromatic carbocycles. The van der Waals surface area contributed by atoms with Gasteiger partial charge in [-0.25, -0.2) is 0 Å². The van der Waals surface area contributed by atoms with Gasteiger partial charge in [0.2, 0.25) is 0 Å². The Balaban J connectivity index is 2.63. The van der Waals surface area contributed by atoms with Crippen LogP contribution in [-0.4, -0.2) is 4.98 Å². The van der Waals surface area contributed by atoms with Crippen molar-refractivity contribution in [3.8, 4) is 11.1 Å². The second kappa shape index (κ2) is 4.80. The summed E-state index contributed by atoms with van der Waals surface area (Å²) in [5.41, 5.74) is 1.52. The lowest BCUT2D eigenvalue weighted by Crippen LogP contribution is -1.84. The molecule has 82 valence electrons. The number of benzene rings is 1. The van der Waals surface area contributed by atoms with Gasteiger partial charge in [0.1, 0.15) is 0 Å². The average molecular weight is 293 g/mol. The van der Waals surface area contributed by atoms with Crippen LogP contribution in [0.2, 0.25) is 20.1 Å². The van der Waals surface area contributed by atoms with Crippen molar-refractivity contribution in [3.05, 3.63) is 50.7 Å². The molecule has 0 aliphatic carbocycles. The molecule has 0 aliphatic rings. The van der Waals surface area contributed by atoms with E-state index in [2.05, 4.69) is 4.98 Å². The summed E-state index contributed by atoms with van der Waals surface area (Å²) in [7, 11) is 0. The first-order chi connectivity index (χ1) is 7.59. The van der Waals surface area contributed by atoms with Gasteiger partial charge in [0.05, 0.1) is 20.1 Å². The molecule has 0 aliphatic heterocycles. The molecule has 0 fully saturated rings. The quantitative estimate of drug-likeness (QED) is 0.689. The molecule has 0 unspecified atom stereocenters. The zero-order valence-electron chi connectivity index (χ0n) is 7.85. The first-order valence-electron chi connectivity index (χ1n) is 4.34. The van der Waals surface area contributed by atoms with Gasteiger partial charge in [-0.1, -0.05) is 52.5 Å². The zero-order chi connectivity index (χ0) is 11.7. The summed E-state index contributed by atoms with van der Waals surface area (Å²) in [5.74, 6) is 0. The molecule has 1 aromatic heterocycles. The lowest BCUT2D eigenvalue weighted by molar-refractivity contribution is 1.33. The van der Waals surface area contributed by atoms with E-state index in [1.165, 1.54) is 12.4 Å². The summed E-state index contributed by atoms with van der Waals surface area (Å²) in [6, 6.07) is 5.23. The van der Waals surface area contributed by atoms with Crippen LogP contribution in [0.3, 0.4) is 0 Å². The maximum atomic E-state index is 6.03. The minimum atomic E-state index is 0.461. The second-order valence-electron chi connectivity index (χ2n) is 3.11. The summed E-state index contributed by atoms with van der Waals surface area (Å²) in [6.45, 7) is 0. The Labute approximate surface area is 113 Å². The van der Waals surface area contributed by atoms with Gasteiger partial charge in [-0.05, 0) is 17.7 Å².